The van der Waals surface area contributed by atoms with Gasteiger partial charge in [-0.2, -0.15) is 0 Å². The quantitative estimate of drug-likeness (QED) is 0.856. The number of carbonyl (C=O) groups excluding carboxylic acids is 1. The van der Waals surface area contributed by atoms with Gasteiger partial charge in [0.25, 0.3) is 0 Å². The van der Waals surface area contributed by atoms with Crippen LogP contribution in [-0.2, 0) is 11.2 Å². The first kappa shape index (κ1) is 16.1. The second kappa shape index (κ2) is 7.68. The van der Waals surface area contributed by atoms with E-state index >= 15 is 0 Å². The molecule has 0 bridgehead atoms. The Kier molecular flexibility index (Phi) is 5.15. The summed E-state index contributed by atoms with van der Waals surface area (Å²) in [5.41, 5.74) is 0.944. The third kappa shape index (κ3) is 4.16. The van der Waals surface area contributed by atoms with Crippen LogP contribution in [0, 0.1) is 5.92 Å². The van der Waals surface area contributed by atoms with E-state index in [9.17, 15) is 4.79 Å². The number of hydrogen-bond acceptors (Lipinski definition) is 5. The van der Waals surface area contributed by atoms with E-state index < -0.39 is 0 Å². The van der Waals surface area contributed by atoms with Crippen LogP contribution >= 0.6 is 0 Å². The molecule has 1 fully saturated rings. The molecule has 24 heavy (non-hydrogen) atoms. The number of piperidine rings is 1. The van der Waals surface area contributed by atoms with Gasteiger partial charge < -0.3 is 10.2 Å². The molecule has 1 saturated heterocycles. The summed E-state index contributed by atoms with van der Waals surface area (Å²) in [6.45, 7) is 5.15. The summed E-state index contributed by atoms with van der Waals surface area (Å²) in [6, 6.07) is 5.66. The highest BCUT2D eigenvalue weighted by molar-refractivity contribution is 5.87. The van der Waals surface area contributed by atoms with Crippen molar-refractivity contribution in [2.24, 2.45) is 5.92 Å². The standard InChI is InChI=1S/C18H21N5O/c1-2-18(24)23-9-5-6-14(13-23)10-15-11-21-17(12-20-15)22-16-7-3-4-8-19-16/h2-4,7-8,11-12,14H,1,5-6,9-10,13H2,(H,19,21,22)/t14-/m1/s1. The van der Waals surface area contributed by atoms with Gasteiger partial charge in [0.1, 0.15) is 11.6 Å². The van der Waals surface area contributed by atoms with Gasteiger partial charge in [-0.1, -0.05) is 12.6 Å². The Labute approximate surface area is 141 Å². The molecule has 2 aromatic heterocycles. The lowest BCUT2D eigenvalue weighted by Crippen LogP contribution is -2.39. The lowest BCUT2D eigenvalue weighted by molar-refractivity contribution is -0.127. The van der Waals surface area contributed by atoms with Crippen molar-refractivity contribution in [1.82, 2.24) is 19.9 Å². The van der Waals surface area contributed by atoms with Gasteiger partial charge in [0.05, 0.1) is 18.1 Å². The van der Waals surface area contributed by atoms with Crippen LogP contribution in [0.25, 0.3) is 0 Å². The lowest BCUT2D eigenvalue weighted by Gasteiger charge is -2.31. The Balaban J connectivity index is 1.58. The second-order valence-corrected chi connectivity index (χ2v) is 5.93. The number of rotatable bonds is 5. The molecule has 0 aliphatic carbocycles. The lowest BCUT2D eigenvalue weighted by atomic mass is 9.93. The number of anilines is 2. The number of amides is 1. The normalized spacial score (nSPS) is 17.3. The molecule has 0 radical (unpaired) electrons. The zero-order valence-electron chi connectivity index (χ0n) is 13.6. The topological polar surface area (TPSA) is 71.0 Å². The van der Waals surface area contributed by atoms with E-state index in [2.05, 4.69) is 26.8 Å². The predicted molar refractivity (Wildman–Crippen MR) is 92.8 cm³/mol. The van der Waals surface area contributed by atoms with Gasteiger partial charge in [-0.15, -0.1) is 0 Å². The van der Waals surface area contributed by atoms with Crippen LogP contribution in [0.4, 0.5) is 11.6 Å². The third-order valence-corrected chi connectivity index (χ3v) is 4.13. The number of pyridine rings is 1. The molecule has 1 amide bonds. The molecule has 124 valence electrons. The number of likely N-dealkylation sites (tertiary alicyclic amines) is 1. The highest BCUT2D eigenvalue weighted by Crippen LogP contribution is 2.20. The van der Waals surface area contributed by atoms with Crippen LogP contribution in [0.5, 0.6) is 0 Å². The molecule has 1 aliphatic rings. The Morgan fingerprint density at radius 3 is 2.92 bits per heavy atom. The van der Waals surface area contributed by atoms with Crippen LogP contribution in [0.15, 0.2) is 49.4 Å². The first-order valence-electron chi connectivity index (χ1n) is 8.15. The first-order chi connectivity index (χ1) is 11.7. The summed E-state index contributed by atoms with van der Waals surface area (Å²) in [6.07, 6.45) is 9.59. The average molecular weight is 323 g/mol. The van der Waals surface area contributed by atoms with E-state index in [1.54, 1.807) is 18.6 Å². The molecule has 2 aromatic rings. The Morgan fingerprint density at radius 2 is 2.21 bits per heavy atom. The Hall–Kier alpha value is -2.76. The van der Waals surface area contributed by atoms with Crippen LogP contribution < -0.4 is 5.32 Å². The van der Waals surface area contributed by atoms with Crippen molar-refractivity contribution < 1.29 is 4.79 Å². The van der Waals surface area contributed by atoms with E-state index in [4.69, 9.17) is 0 Å². The smallest absolute Gasteiger partial charge is 0.245 e. The Bertz CT molecular complexity index is 686. The monoisotopic (exact) mass is 323 g/mol. The molecule has 3 rings (SSSR count). The van der Waals surface area contributed by atoms with Crippen molar-refractivity contribution in [3.05, 3.63) is 55.1 Å². The van der Waals surface area contributed by atoms with E-state index in [1.165, 1.54) is 6.08 Å². The van der Waals surface area contributed by atoms with Gasteiger partial charge in [-0.3, -0.25) is 9.78 Å². The molecule has 0 spiro atoms. The molecule has 6 heteroatoms. The van der Waals surface area contributed by atoms with Crippen molar-refractivity contribution in [1.29, 1.82) is 0 Å². The average Bonchev–Trinajstić information content (AvgIpc) is 2.64. The van der Waals surface area contributed by atoms with Gasteiger partial charge in [-0.05, 0) is 43.4 Å². The Morgan fingerprint density at radius 1 is 1.29 bits per heavy atom. The van der Waals surface area contributed by atoms with Crippen molar-refractivity contribution in [2.75, 3.05) is 18.4 Å². The SMILES string of the molecule is C=CC(=O)N1CCC[C@H](Cc2cnc(Nc3ccccn3)cn2)C1. The molecule has 1 N–H and O–H groups in total. The summed E-state index contributed by atoms with van der Waals surface area (Å²) >= 11 is 0. The van der Waals surface area contributed by atoms with Crippen molar-refractivity contribution >= 4 is 17.5 Å². The maximum Gasteiger partial charge on any atom is 0.245 e. The number of nitrogens with one attached hydrogen (secondary N) is 1. The largest absolute Gasteiger partial charge is 0.339 e. The van der Waals surface area contributed by atoms with Gasteiger partial charge in [0.15, 0.2) is 0 Å². The molecule has 0 unspecified atom stereocenters. The van der Waals surface area contributed by atoms with Crippen LogP contribution in [0.1, 0.15) is 18.5 Å². The zero-order chi connectivity index (χ0) is 16.8. The van der Waals surface area contributed by atoms with E-state index in [-0.39, 0.29) is 5.91 Å². The van der Waals surface area contributed by atoms with Crippen LogP contribution in [0.2, 0.25) is 0 Å². The minimum atomic E-state index is 0.0145. The summed E-state index contributed by atoms with van der Waals surface area (Å²) in [5, 5.41) is 3.12. The number of hydrogen-bond donors (Lipinski definition) is 1. The summed E-state index contributed by atoms with van der Waals surface area (Å²) in [4.78, 5) is 26.7. The fraction of sp³-hybridized carbons (Fsp3) is 0.333. The van der Waals surface area contributed by atoms with Crippen molar-refractivity contribution in [2.45, 2.75) is 19.3 Å². The molecular formula is C18H21N5O. The molecule has 1 aliphatic heterocycles. The molecule has 0 aromatic carbocycles. The fourth-order valence-corrected chi connectivity index (χ4v) is 2.95. The van der Waals surface area contributed by atoms with Crippen molar-refractivity contribution in [3.63, 3.8) is 0 Å². The summed E-state index contributed by atoms with van der Waals surface area (Å²) in [7, 11) is 0. The van der Waals surface area contributed by atoms with E-state index in [0.717, 1.165) is 43.9 Å². The summed E-state index contributed by atoms with van der Waals surface area (Å²) < 4.78 is 0. The number of aromatic nitrogens is 3. The maximum absolute atomic E-state index is 11.7. The first-order valence-corrected chi connectivity index (χ1v) is 8.15. The van der Waals surface area contributed by atoms with Gasteiger partial charge in [0, 0.05) is 19.3 Å². The fourth-order valence-electron chi connectivity index (χ4n) is 2.95. The van der Waals surface area contributed by atoms with Crippen molar-refractivity contribution in [3.8, 4) is 0 Å². The second-order valence-electron chi connectivity index (χ2n) is 5.93. The minimum Gasteiger partial charge on any atom is -0.339 e. The molecule has 3 heterocycles. The zero-order valence-corrected chi connectivity index (χ0v) is 13.6. The van der Waals surface area contributed by atoms with E-state index in [1.807, 2.05) is 23.1 Å². The molecule has 1 atom stereocenters. The minimum absolute atomic E-state index is 0.0145. The number of nitrogens with zero attached hydrogens (tertiary/aromatic N) is 4. The highest BCUT2D eigenvalue weighted by Gasteiger charge is 2.22. The maximum atomic E-state index is 11.7. The third-order valence-electron chi connectivity index (χ3n) is 4.13. The predicted octanol–water partition coefficient (Wildman–Crippen LogP) is 2.58. The van der Waals surface area contributed by atoms with Crippen LogP contribution in [-0.4, -0.2) is 38.8 Å². The summed E-state index contributed by atoms with van der Waals surface area (Å²) in [5.74, 6) is 1.85. The van der Waals surface area contributed by atoms with Crippen LogP contribution in [0.3, 0.4) is 0 Å². The van der Waals surface area contributed by atoms with Gasteiger partial charge >= 0.3 is 0 Å². The van der Waals surface area contributed by atoms with E-state index in [0.29, 0.717) is 11.7 Å². The molecular weight excluding hydrogens is 302 g/mol. The van der Waals surface area contributed by atoms with Gasteiger partial charge in [-0.25, -0.2) is 9.97 Å². The van der Waals surface area contributed by atoms with Gasteiger partial charge in [0.2, 0.25) is 5.91 Å². The number of carbonyl (C=O) groups is 1. The molecule has 0 saturated carbocycles. The highest BCUT2D eigenvalue weighted by atomic mass is 16.2. The molecule has 6 nitrogen and oxygen atoms in total.